The molecule has 0 spiro atoms. The zero-order valence-electron chi connectivity index (χ0n) is 16.1. The molecule has 2 N–H and O–H groups in total. The van der Waals surface area contributed by atoms with Crippen molar-refractivity contribution in [1.82, 2.24) is 5.32 Å². The molecule has 1 atom stereocenters. The number of halogens is 1. The second kappa shape index (κ2) is 9.55. The molecule has 28 heavy (non-hydrogen) atoms. The average molecular weight is 446 g/mol. The first-order valence-electron chi connectivity index (χ1n) is 8.88. The number of allylic oxidation sites excluding steroid dienone is 1. The zero-order chi connectivity index (χ0) is 20.7. The van der Waals surface area contributed by atoms with Gasteiger partial charge in [-0.3, -0.25) is 0 Å². The lowest BCUT2D eigenvalue weighted by Crippen LogP contribution is -2.42. The van der Waals surface area contributed by atoms with Crippen molar-refractivity contribution >= 4 is 28.0 Å². The summed E-state index contributed by atoms with van der Waals surface area (Å²) in [6, 6.07) is 14.9. The minimum Gasteiger partial charge on any atom is -0.479 e. The molecule has 0 saturated heterocycles. The van der Waals surface area contributed by atoms with E-state index in [1.54, 1.807) is 26.8 Å². The molecule has 0 fully saturated rings. The summed E-state index contributed by atoms with van der Waals surface area (Å²) >= 11 is 3.48. The first-order valence-corrected chi connectivity index (χ1v) is 9.67. The summed E-state index contributed by atoms with van der Waals surface area (Å²) in [5.41, 5.74) is 2.52. The molecule has 0 aliphatic rings. The van der Waals surface area contributed by atoms with Crippen molar-refractivity contribution in [3.8, 4) is 11.1 Å². The van der Waals surface area contributed by atoms with Crippen LogP contribution in [0.25, 0.3) is 11.1 Å². The Morgan fingerprint density at radius 2 is 1.79 bits per heavy atom. The molecular formula is C22H24BrNO4. The molecule has 0 radical (unpaired) electrons. The zero-order valence-corrected chi connectivity index (χ0v) is 17.7. The van der Waals surface area contributed by atoms with Gasteiger partial charge >= 0.3 is 12.1 Å². The van der Waals surface area contributed by atoms with E-state index in [9.17, 15) is 14.7 Å². The van der Waals surface area contributed by atoms with Crippen molar-refractivity contribution in [1.29, 1.82) is 0 Å². The van der Waals surface area contributed by atoms with Crippen LogP contribution in [0.3, 0.4) is 0 Å². The van der Waals surface area contributed by atoms with Crippen LogP contribution in [0.1, 0.15) is 26.3 Å². The van der Waals surface area contributed by atoms with Crippen LogP contribution in [0, 0.1) is 0 Å². The number of ether oxygens (including phenoxy) is 1. The van der Waals surface area contributed by atoms with Crippen molar-refractivity contribution in [2.45, 2.75) is 38.8 Å². The highest BCUT2D eigenvalue weighted by atomic mass is 79.9. The number of hydrogen-bond acceptors (Lipinski definition) is 3. The molecule has 0 aliphatic carbocycles. The molecular weight excluding hydrogens is 422 g/mol. The predicted molar refractivity (Wildman–Crippen MR) is 113 cm³/mol. The summed E-state index contributed by atoms with van der Waals surface area (Å²) in [6.07, 6.45) is 2.97. The first-order chi connectivity index (χ1) is 13.1. The van der Waals surface area contributed by atoms with E-state index in [-0.39, 0.29) is 0 Å². The van der Waals surface area contributed by atoms with Gasteiger partial charge in [0, 0.05) is 4.47 Å². The van der Waals surface area contributed by atoms with Gasteiger partial charge in [-0.25, -0.2) is 9.59 Å². The Hall–Kier alpha value is -2.60. The van der Waals surface area contributed by atoms with E-state index in [0.717, 1.165) is 21.2 Å². The van der Waals surface area contributed by atoms with E-state index in [4.69, 9.17) is 4.74 Å². The molecule has 2 aromatic rings. The van der Waals surface area contributed by atoms with Gasteiger partial charge < -0.3 is 15.2 Å². The summed E-state index contributed by atoms with van der Waals surface area (Å²) in [6.45, 7) is 5.16. The maximum atomic E-state index is 11.8. The van der Waals surface area contributed by atoms with Gasteiger partial charge in [0.2, 0.25) is 0 Å². The molecule has 2 rings (SSSR count). The number of aliphatic carboxylic acids is 1. The first kappa shape index (κ1) is 21.7. The fourth-order valence-corrected chi connectivity index (χ4v) is 2.91. The van der Waals surface area contributed by atoms with Gasteiger partial charge in [0.1, 0.15) is 11.6 Å². The Labute approximate surface area is 173 Å². The molecule has 1 amide bonds. The van der Waals surface area contributed by atoms with Crippen LogP contribution in [0.2, 0.25) is 0 Å². The molecule has 0 unspecified atom stereocenters. The molecule has 148 valence electrons. The summed E-state index contributed by atoms with van der Waals surface area (Å²) in [4.78, 5) is 23.2. The summed E-state index contributed by atoms with van der Waals surface area (Å²) in [5, 5.41) is 11.7. The van der Waals surface area contributed by atoms with Gasteiger partial charge in [0.15, 0.2) is 0 Å². The third-order valence-corrected chi connectivity index (χ3v) is 4.20. The number of carboxylic acids is 1. The minimum atomic E-state index is -1.15. The normalized spacial score (nSPS) is 12.6. The number of rotatable bonds is 6. The largest absolute Gasteiger partial charge is 0.479 e. The van der Waals surface area contributed by atoms with Crippen molar-refractivity contribution in [2.24, 2.45) is 0 Å². The minimum absolute atomic E-state index is 0.543. The SMILES string of the molecule is CC(C)(C)OC(=O)N[C@@H](/C=C/Cc1cccc(-c2cccc(Br)c2)c1)C(=O)O. The Balaban J connectivity index is 2.04. The smallest absolute Gasteiger partial charge is 0.408 e. The number of carbonyl (C=O) groups is 2. The average Bonchev–Trinajstić information content (AvgIpc) is 2.59. The van der Waals surface area contributed by atoms with Crippen LogP contribution in [-0.2, 0) is 16.0 Å². The van der Waals surface area contributed by atoms with E-state index in [0.29, 0.717) is 6.42 Å². The standard InChI is InChI=1S/C22H24BrNO4/c1-22(2,3)28-21(27)24-19(20(25)26)12-5-8-15-7-4-9-16(13-15)17-10-6-11-18(23)14-17/h4-7,9-14,19H,8H2,1-3H3,(H,24,27)(H,25,26)/b12-5+/t19-/m0/s1. The number of amides is 1. The highest BCUT2D eigenvalue weighted by molar-refractivity contribution is 9.10. The highest BCUT2D eigenvalue weighted by Gasteiger charge is 2.21. The number of carboxylic acid groups (broad SMARTS) is 1. The van der Waals surface area contributed by atoms with Crippen LogP contribution in [0.5, 0.6) is 0 Å². The van der Waals surface area contributed by atoms with Gasteiger partial charge in [-0.05, 0) is 56.0 Å². The molecule has 0 aromatic heterocycles. The van der Waals surface area contributed by atoms with Crippen LogP contribution in [-0.4, -0.2) is 28.8 Å². The van der Waals surface area contributed by atoms with E-state index in [2.05, 4.69) is 27.3 Å². The van der Waals surface area contributed by atoms with Crippen molar-refractivity contribution in [3.63, 3.8) is 0 Å². The van der Waals surface area contributed by atoms with E-state index >= 15 is 0 Å². The lowest BCUT2D eigenvalue weighted by molar-refractivity contribution is -0.138. The summed E-state index contributed by atoms with van der Waals surface area (Å²) in [5.74, 6) is -1.15. The van der Waals surface area contributed by atoms with Crippen molar-refractivity contribution in [2.75, 3.05) is 0 Å². The molecule has 0 saturated carbocycles. The van der Waals surface area contributed by atoms with Gasteiger partial charge in [0.25, 0.3) is 0 Å². The van der Waals surface area contributed by atoms with Gasteiger partial charge in [-0.1, -0.05) is 64.5 Å². The third-order valence-electron chi connectivity index (χ3n) is 3.71. The second-order valence-corrected chi connectivity index (χ2v) is 8.22. The van der Waals surface area contributed by atoms with Crippen molar-refractivity contribution < 1.29 is 19.4 Å². The molecule has 0 aliphatic heterocycles. The Bertz CT molecular complexity index is 871. The Kier molecular flexibility index (Phi) is 7.40. The molecule has 5 nitrogen and oxygen atoms in total. The topological polar surface area (TPSA) is 75.6 Å². The van der Waals surface area contributed by atoms with Gasteiger partial charge in [0.05, 0.1) is 0 Å². The van der Waals surface area contributed by atoms with Crippen LogP contribution in [0.4, 0.5) is 4.79 Å². The number of benzene rings is 2. The summed E-state index contributed by atoms with van der Waals surface area (Å²) < 4.78 is 6.11. The molecule has 6 heteroatoms. The number of carbonyl (C=O) groups excluding carboxylic acids is 1. The number of hydrogen-bond donors (Lipinski definition) is 2. The Morgan fingerprint density at radius 1 is 1.14 bits per heavy atom. The highest BCUT2D eigenvalue weighted by Crippen LogP contribution is 2.24. The van der Waals surface area contributed by atoms with Crippen LogP contribution in [0.15, 0.2) is 65.2 Å². The fraction of sp³-hybridized carbons (Fsp3) is 0.273. The van der Waals surface area contributed by atoms with E-state index in [1.165, 1.54) is 6.08 Å². The second-order valence-electron chi connectivity index (χ2n) is 7.31. The molecule has 0 bridgehead atoms. The van der Waals surface area contributed by atoms with Crippen LogP contribution >= 0.6 is 15.9 Å². The maximum Gasteiger partial charge on any atom is 0.408 e. The van der Waals surface area contributed by atoms with Crippen molar-refractivity contribution in [3.05, 3.63) is 70.7 Å². The Morgan fingerprint density at radius 3 is 2.39 bits per heavy atom. The predicted octanol–water partition coefficient (Wildman–Crippen LogP) is 5.19. The maximum absolute atomic E-state index is 11.8. The van der Waals surface area contributed by atoms with E-state index < -0.39 is 23.7 Å². The number of alkyl carbamates (subject to hydrolysis) is 1. The van der Waals surface area contributed by atoms with Crippen LogP contribution < -0.4 is 5.32 Å². The third kappa shape index (κ3) is 7.19. The summed E-state index contributed by atoms with van der Waals surface area (Å²) in [7, 11) is 0. The monoisotopic (exact) mass is 445 g/mol. The van der Waals surface area contributed by atoms with E-state index in [1.807, 2.05) is 42.5 Å². The number of nitrogens with one attached hydrogen (secondary N) is 1. The lowest BCUT2D eigenvalue weighted by atomic mass is 10.0. The fourth-order valence-electron chi connectivity index (χ4n) is 2.51. The van der Waals surface area contributed by atoms with Gasteiger partial charge in [-0.2, -0.15) is 0 Å². The molecule has 0 heterocycles. The quantitative estimate of drug-likeness (QED) is 0.599. The lowest BCUT2D eigenvalue weighted by Gasteiger charge is -2.21. The molecule has 2 aromatic carbocycles. The van der Waals surface area contributed by atoms with Gasteiger partial charge in [-0.15, -0.1) is 0 Å².